The van der Waals surface area contributed by atoms with Crippen molar-refractivity contribution >= 4 is 11.6 Å². The topological polar surface area (TPSA) is 93.0 Å². The minimum atomic E-state index is -0.201. The molecule has 0 aliphatic heterocycles. The largest absolute Gasteiger partial charge is 0.496 e. The van der Waals surface area contributed by atoms with Crippen LogP contribution in [-0.2, 0) is 6.54 Å². The predicted molar refractivity (Wildman–Crippen MR) is 67.2 cm³/mol. The number of methoxy groups -OCH3 is 1. The van der Waals surface area contributed by atoms with Crippen molar-refractivity contribution in [2.24, 2.45) is 0 Å². The molecule has 18 heavy (non-hydrogen) atoms. The Hall–Kier alpha value is -2.50. The highest BCUT2D eigenvalue weighted by atomic mass is 16.5. The Morgan fingerprint density at radius 1 is 1.56 bits per heavy atom. The first-order valence-corrected chi connectivity index (χ1v) is 5.40. The van der Waals surface area contributed by atoms with Crippen molar-refractivity contribution in [3.05, 3.63) is 41.7 Å². The van der Waals surface area contributed by atoms with Gasteiger partial charge in [-0.15, -0.1) is 0 Å². The van der Waals surface area contributed by atoms with E-state index in [1.165, 1.54) is 12.4 Å². The van der Waals surface area contributed by atoms with Gasteiger partial charge in [-0.2, -0.15) is 5.10 Å². The summed E-state index contributed by atoms with van der Waals surface area (Å²) in [6.07, 6.45) is 3.00. The molecule has 6 heteroatoms. The van der Waals surface area contributed by atoms with Gasteiger partial charge in [0.25, 0.3) is 5.91 Å². The van der Waals surface area contributed by atoms with Crippen molar-refractivity contribution < 1.29 is 9.53 Å². The average Bonchev–Trinajstić information content (AvgIpc) is 2.90. The quantitative estimate of drug-likeness (QED) is 0.700. The van der Waals surface area contributed by atoms with Gasteiger partial charge in [-0.3, -0.25) is 9.89 Å². The van der Waals surface area contributed by atoms with Crippen molar-refractivity contribution in [2.75, 3.05) is 12.8 Å². The maximum Gasteiger partial charge on any atom is 0.254 e. The molecular weight excluding hydrogens is 232 g/mol. The fourth-order valence-corrected chi connectivity index (χ4v) is 1.59. The van der Waals surface area contributed by atoms with Gasteiger partial charge in [0.05, 0.1) is 18.9 Å². The summed E-state index contributed by atoms with van der Waals surface area (Å²) < 4.78 is 5.20. The molecule has 0 atom stereocenters. The zero-order chi connectivity index (χ0) is 13.0. The Labute approximate surface area is 104 Å². The molecule has 94 valence electrons. The molecule has 0 saturated carbocycles. The lowest BCUT2D eigenvalue weighted by Gasteiger charge is -2.10. The number of nitrogens with zero attached hydrogens (tertiary/aromatic N) is 1. The number of carbonyl (C=O) groups excluding carboxylic acids is 1. The molecule has 0 fully saturated rings. The Morgan fingerprint density at radius 2 is 2.39 bits per heavy atom. The molecule has 2 rings (SSSR count). The molecule has 4 N–H and O–H groups in total. The molecule has 2 aromatic rings. The molecule has 1 aromatic heterocycles. The van der Waals surface area contributed by atoms with Gasteiger partial charge in [0.15, 0.2) is 0 Å². The van der Waals surface area contributed by atoms with Crippen LogP contribution in [0.3, 0.4) is 0 Å². The highest BCUT2D eigenvalue weighted by Gasteiger charge is 2.08. The van der Waals surface area contributed by atoms with Crippen molar-refractivity contribution in [1.82, 2.24) is 15.5 Å². The highest BCUT2D eigenvalue weighted by Crippen LogP contribution is 2.20. The normalized spacial score (nSPS) is 10.1. The van der Waals surface area contributed by atoms with E-state index in [1.54, 1.807) is 25.3 Å². The molecule has 0 aliphatic rings. The molecule has 1 heterocycles. The number of nitrogens with two attached hydrogens (primary N) is 1. The first kappa shape index (κ1) is 12.0. The fraction of sp³-hybridized carbons (Fsp3) is 0.167. The zero-order valence-electron chi connectivity index (χ0n) is 9.93. The van der Waals surface area contributed by atoms with E-state index in [-0.39, 0.29) is 5.91 Å². The number of benzene rings is 1. The number of nitrogens with one attached hydrogen (secondary N) is 2. The number of anilines is 1. The lowest BCUT2D eigenvalue weighted by atomic mass is 10.1. The second-order valence-corrected chi connectivity index (χ2v) is 3.74. The minimum absolute atomic E-state index is 0.201. The van der Waals surface area contributed by atoms with Crippen LogP contribution in [0.2, 0.25) is 0 Å². The Bertz CT molecular complexity index is 537. The highest BCUT2D eigenvalue weighted by molar-refractivity contribution is 5.93. The Morgan fingerprint density at radius 3 is 3.06 bits per heavy atom. The molecular formula is C12H14N4O2. The smallest absolute Gasteiger partial charge is 0.254 e. The number of nitrogen functional groups attached to an aromatic ring is 1. The SMILES string of the molecule is COc1ccc(N)cc1CNC(=O)c1cn[nH]c1. The number of amides is 1. The summed E-state index contributed by atoms with van der Waals surface area (Å²) >= 11 is 0. The van der Waals surface area contributed by atoms with Crippen LogP contribution in [0.1, 0.15) is 15.9 Å². The van der Waals surface area contributed by atoms with Gasteiger partial charge in [-0.25, -0.2) is 0 Å². The molecule has 6 nitrogen and oxygen atoms in total. The second-order valence-electron chi connectivity index (χ2n) is 3.74. The summed E-state index contributed by atoms with van der Waals surface area (Å²) in [6.45, 7) is 0.345. The Balaban J connectivity index is 2.06. The number of aromatic amines is 1. The van der Waals surface area contributed by atoms with Crippen LogP contribution in [0.4, 0.5) is 5.69 Å². The van der Waals surface area contributed by atoms with E-state index in [2.05, 4.69) is 15.5 Å². The maximum absolute atomic E-state index is 11.7. The standard InChI is InChI=1S/C12H14N4O2/c1-18-11-3-2-10(13)4-8(11)5-14-12(17)9-6-15-16-7-9/h2-4,6-7H,5,13H2,1H3,(H,14,17)(H,15,16). The first-order chi connectivity index (χ1) is 8.70. The van der Waals surface area contributed by atoms with E-state index in [9.17, 15) is 4.79 Å². The van der Waals surface area contributed by atoms with Gasteiger partial charge in [-0.05, 0) is 18.2 Å². The number of carbonyl (C=O) groups is 1. The van der Waals surface area contributed by atoms with Gasteiger partial charge in [-0.1, -0.05) is 0 Å². The molecule has 0 spiro atoms. The van der Waals surface area contributed by atoms with Gasteiger partial charge < -0.3 is 15.8 Å². The molecule has 1 amide bonds. The van der Waals surface area contributed by atoms with Crippen LogP contribution < -0.4 is 15.8 Å². The third kappa shape index (κ3) is 2.60. The number of hydrogen-bond donors (Lipinski definition) is 3. The molecule has 0 saturated heterocycles. The maximum atomic E-state index is 11.7. The van der Waals surface area contributed by atoms with Crippen molar-refractivity contribution in [3.63, 3.8) is 0 Å². The lowest BCUT2D eigenvalue weighted by molar-refractivity contribution is 0.0951. The van der Waals surface area contributed by atoms with Crippen molar-refractivity contribution in [3.8, 4) is 5.75 Å². The summed E-state index contributed by atoms with van der Waals surface area (Å²) in [5.41, 5.74) is 7.64. The van der Waals surface area contributed by atoms with Crippen LogP contribution in [0.15, 0.2) is 30.6 Å². The lowest BCUT2D eigenvalue weighted by Crippen LogP contribution is -2.22. The molecule has 0 unspecified atom stereocenters. The van der Waals surface area contributed by atoms with Crippen molar-refractivity contribution in [1.29, 1.82) is 0 Å². The average molecular weight is 246 g/mol. The van der Waals surface area contributed by atoms with Gasteiger partial charge in [0.1, 0.15) is 5.75 Å². The van der Waals surface area contributed by atoms with E-state index >= 15 is 0 Å². The van der Waals surface area contributed by atoms with Crippen LogP contribution >= 0.6 is 0 Å². The minimum Gasteiger partial charge on any atom is -0.496 e. The number of ether oxygens (including phenoxy) is 1. The number of hydrogen-bond acceptors (Lipinski definition) is 4. The molecule has 0 bridgehead atoms. The summed E-state index contributed by atoms with van der Waals surface area (Å²) in [5.74, 6) is 0.491. The monoisotopic (exact) mass is 246 g/mol. The molecule has 0 radical (unpaired) electrons. The summed E-state index contributed by atoms with van der Waals surface area (Å²) in [4.78, 5) is 11.7. The number of rotatable bonds is 4. The van der Waals surface area contributed by atoms with E-state index in [1.807, 2.05) is 0 Å². The van der Waals surface area contributed by atoms with Gasteiger partial charge >= 0.3 is 0 Å². The molecule has 1 aromatic carbocycles. The predicted octanol–water partition coefficient (Wildman–Crippen LogP) is 0.930. The fourth-order valence-electron chi connectivity index (χ4n) is 1.59. The van der Waals surface area contributed by atoms with E-state index in [4.69, 9.17) is 10.5 Å². The van der Waals surface area contributed by atoms with Crippen LogP contribution in [0, 0.1) is 0 Å². The van der Waals surface area contributed by atoms with Crippen LogP contribution in [-0.4, -0.2) is 23.2 Å². The van der Waals surface area contributed by atoms with Crippen LogP contribution in [0.5, 0.6) is 5.75 Å². The number of aromatic nitrogens is 2. The number of H-pyrrole nitrogens is 1. The summed E-state index contributed by atoms with van der Waals surface area (Å²) in [7, 11) is 1.58. The summed E-state index contributed by atoms with van der Waals surface area (Å²) in [6, 6.07) is 5.30. The first-order valence-electron chi connectivity index (χ1n) is 5.40. The zero-order valence-corrected chi connectivity index (χ0v) is 9.93. The molecule has 0 aliphatic carbocycles. The van der Waals surface area contributed by atoms with Gasteiger partial charge in [0, 0.05) is 24.0 Å². The van der Waals surface area contributed by atoms with Gasteiger partial charge in [0.2, 0.25) is 0 Å². The third-order valence-corrected chi connectivity index (χ3v) is 2.50. The Kier molecular flexibility index (Phi) is 3.47. The van der Waals surface area contributed by atoms with Crippen molar-refractivity contribution in [2.45, 2.75) is 6.54 Å². The van der Waals surface area contributed by atoms with E-state index in [0.29, 0.717) is 23.5 Å². The van der Waals surface area contributed by atoms with Crippen LogP contribution in [0.25, 0.3) is 0 Å². The summed E-state index contributed by atoms with van der Waals surface area (Å²) in [5, 5.41) is 9.07. The second kappa shape index (κ2) is 5.22. The van der Waals surface area contributed by atoms with E-state index < -0.39 is 0 Å². The third-order valence-electron chi connectivity index (χ3n) is 2.50. The van der Waals surface area contributed by atoms with E-state index in [0.717, 1.165) is 5.56 Å².